The van der Waals surface area contributed by atoms with Gasteiger partial charge >= 0.3 is 5.95 Å². The fraction of sp³-hybridized carbons (Fsp3) is 0.188. The number of nitrogens with two attached hydrogens (primary N) is 2. The monoisotopic (exact) mass is 533 g/mol. The van der Waals surface area contributed by atoms with E-state index >= 15 is 0 Å². The first-order valence-electron chi connectivity index (χ1n) is 13.6. The lowest BCUT2D eigenvalue weighted by Gasteiger charge is -2.11. The van der Waals surface area contributed by atoms with E-state index in [1.807, 2.05) is 65.4 Å². The standard InChI is InChI=1S/C32H33N7O/c1-3-18-38-20-17-28(26-7-5-6-8-29(26)38)35-24-15-11-23(12-16-24)31(40)36-25-13-9-22(10-14-25)27-21-39(19-4-2)32(34)37-30(27)33/h5-17,20-21H,3-4,18-19H2,1-2H3,(H4,33,34,36,37,40)/p+2. The highest BCUT2D eigenvalue weighted by Crippen LogP contribution is 2.27. The summed E-state index contributed by atoms with van der Waals surface area (Å²) in [6.45, 7) is 5.99. The van der Waals surface area contributed by atoms with Gasteiger partial charge in [0.1, 0.15) is 6.54 Å². The number of nitrogens with one attached hydrogen (secondary N) is 2. The van der Waals surface area contributed by atoms with Crippen molar-refractivity contribution in [2.75, 3.05) is 22.1 Å². The topological polar surface area (TPSA) is 114 Å². The van der Waals surface area contributed by atoms with Crippen LogP contribution in [0.5, 0.6) is 0 Å². The van der Waals surface area contributed by atoms with Gasteiger partial charge in [0.05, 0.1) is 29.4 Å². The van der Waals surface area contributed by atoms with Crippen LogP contribution in [0.15, 0.2) is 91.3 Å². The maximum absolute atomic E-state index is 12.9. The number of benzene rings is 3. The Hall–Kier alpha value is -4.98. The van der Waals surface area contributed by atoms with Gasteiger partial charge < -0.3 is 16.4 Å². The minimum Gasteiger partial charge on any atom is -0.369 e. The molecule has 3 aromatic carbocycles. The molecule has 0 unspecified atom stereocenters. The summed E-state index contributed by atoms with van der Waals surface area (Å²) in [6, 6.07) is 25.5. The lowest BCUT2D eigenvalue weighted by molar-refractivity contribution is -0.684. The summed E-state index contributed by atoms with van der Waals surface area (Å²) in [6.07, 6.45) is 6.04. The lowest BCUT2D eigenvalue weighted by Crippen LogP contribution is -2.38. The van der Waals surface area contributed by atoms with Gasteiger partial charge in [-0.15, -0.1) is 0 Å². The van der Waals surface area contributed by atoms with Crippen molar-refractivity contribution in [3.8, 4) is 11.1 Å². The van der Waals surface area contributed by atoms with Crippen molar-refractivity contribution in [2.24, 2.45) is 0 Å². The molecule has 2 aromatic heterocycles. The molecular formula is C32H35N7O+2. The molecule has 0 fully saturated rings. The van der Waals surface area contributed by atoms with Gasteiger partial charge in [-0.1, -0.05) is 43.1 Å². The zero-order chi connectivity index (χ0) is 28.1. The molecule has 0 saturated heterocycles. The van der Waals surface area contributed by atoms with Crippen LogP contribution in [0.2, 0.25) is 0 Å². The smallest absolute Gasteiger partial charge is 0.369 e. The Balaban J connectivity index is 1.27. The summed E-state index contributed by atoms with van der Waals surface area (Å²) < 4.78 is 4.16. The maximum Gasteiger partial charge on any atom is 0.391 e. The van der Waals surface area contributed by atoms with E-state index in [9.17, 15) is 4.79 Å². The highest BCUT2D eigenvalue weighted by atomic mass is 16.1. The van der Waals surface area contributed by atoms with Crippen molar-refractivity contribution >= 4 is 45.6 Å². The van der Waals surface area contributed by atoms with Gasteiger partial charge in [0.25, 0.3) is 5.91 Å². The number of aromatic nitrogens is 3. The Labute approximate surface area is 234 Å². The highest BCUT2D eigenvalue weighted by molar-refractivity contribution is 6.04. The number of para-hydroxylation sites is 1. The Bertz CT molecular complexity index is 1650. The molecule has 202 valence electrons. The van der Waals surface area contributed by atoms with Crippen molar-refractivity contribution in [3.63, 3.8) is 0 Å². The van der Waals surface area contributed by atoms with Crippen molar-refractivity contribution in [1.29, 1.82) is 0 Å². The van der Waals surface area contributed by atoms with Crippen LogP contribution in [0, 0.1) is 0 Å². The molecule has 0 spiro atoms. The first-order chi connectivity index (χ1) is 19.5. The molecule has 0 aliphatic heterocycles. The number of hydrogen-bond donors (Lipinski definition) is 4. The molecule has 0 saturated carbocycles. The molecule has 40 heavy (non-hydrogen) atoms. The fourth-order valence-electron chi connectivity index (χ4n) is 4.81. The summed E-state index contributed by atoms with van der Waals surface area (Å²) >= 11 is 0. The first kappa shape index (κ1) is 26.6. The quantitative estimate of drug-likeness (QED) is 0.188. The molecule has 0 aliphatic rings. The van der Waals surface area contributed by atoms with E-state index in [0.29, 0.717) is 23.0 Å². The normalized spacial score (nSPS) is 10.9. The van der Waals surface area contributed by atoms with E-state index in [0.717, 1.165) is 53.8 Å². The number of pyridine rings is 1. The predicted octanol–water partition coefficient (Wildman–Crippen LogP) is 5.46. The van der Waals surface area contributed by atoms with Gasteiger partial charge in [-0.3, -0.25) is 10.5 Å². The number of rotatable bonds is 9. The van der Waals surface area contributed by atoms with Gasteiger partial charge in [0, 0.05) is 35.5 Å². The SMILES string of the molecule is CCC[n+]1cc(-c2ccc(NC(=O)c3ccc(Nc4cc[n+](CCC)c5ccccc45)cc3)cc2)c(N)nc1N. The maximum atomic E-state index is 12.9. The van der Waals surface area contributed by atoms with Crippen LogP contribution >= 0.6 is 0 Å². The molecular weight excluding hydrogens is 498 g/mol. The molecule has 0 aliphatic carbocycles. The van der Waals surface area contributed by atoms with Gasteiger partial charge in [-0.2, -0.15) is 4.57 Å². The van der Waals surface area contributed by atoms with E-state index in [-0.39, 0.29) is 5.91 Å². The van der Waals surface area contributed by atoms with Crippen LogP contribution in [0.4, 0.5) is 28.8 Å². The number of anilines is 5. The second kappa shape index (κ2) is 11.8. The van der Waals surface area contributed by atoms with Crippen molar-refractivity contribution in [2.45, 2.75) is 39.8 Å². The number of nitrogens with zero attached hydrogens (tertiary/aromatic N) is 3. The van der Waals surface area contributed by atoms with Gasteiger partial charge in [-0.05, 0) is 54.4 Å². The summed E-state index contributed by atoms with van der Waals surface area (Å²) in [5.41, 5.74) is 18.2. The summed E-state index contributed by atoms with van der Waals surface area (Å²) in [7, 11) is 0. The van der Waals surface area contributed by atoms with Crippen LogP contribution in [-0.2, 0) is 13.1 Å². The minimum absolute atomic E-state index is 0.181. The van der Waals surface area contributed by atoms with E-state index < -0.39 is 0 Å². The minimum atomic E-state index is -0.181. The van der Waals surface area contributed by atoms with Crippen LogP contribution < -0.4 is 31.2 Å². The number of hydrogen-bond acceptors (Lipinski definition) is 5. The molecule has 0 bridgehead atoms. The van der Waals surface area contributed by atoms with Gasteiger partial charge in [-0.25, -0.2) is 4.57 Å². The fourth-order valence-corrected chi connectivity index (χ4v) is 4.81. The molecule has 1 amide bonds. The number of carbonyl (C=O) groups excluding carboxylic acids is 1. The van der Waals surface area contributed by atoms with E-state index in [1.165, 1.54) is 5.52 Å². The van der Waals surface area contributed by atoms with Crippen LogP contribution in [0.3, 0.4) is 0 Å². The third-order valence-corrected chi connectivity index (χ3v) is 6.82. The first-order valence-corrected chi connectivity index (χ1v) is 13.6. The number of nitrogen functional groups attached to an aromatic ring is 2. The second-order valence-electron chi connectivity index (χ2n) is 9.77. The molecule has 0 radical (unpaired) electrons. The summed E-state index contributed by atoms with van der Waals surface area (Å²) in [4.78, 5) is 17.2. The summed E-state index contributed by atoms with van der Waals surface area (Å²) in [5, 5.41) is 7.63. The van der Waals surface area contributed by atoms with Crippen molar-refractivity contribution in [1.82, 2.24) is 4.98 Å². The summed E-state index contributed by atoms with van der Waals surface area (Å²) in [5.74, 6) is 0.587. The third-order valence-electron chi connectivity index (χ3n) is 6.82. The van der Waals surface area contributed by atoms with E-state index in [4.69, 9.17) is 11.5 Å². The second-order valence-corrected chi connectivity index (χ2v) is 9.77. The van der Waals surface area contributed by atoms with Gasteiger partial charge in [0.2, 0.25) is 11.3 Å². The average molecular weight is 534 g/mol. The molecule has 8 nitrogen and oxygen atoms in total. The molecule has 5 rings (SSSR count). The number of fused-ring (bicyclic) bond motifs is 1. The molecule has 0 atom stereocenters. The van der Waals surface area contributed by atoms with Crippen molar-refractivity contribution < 1.29 is 13.9 Å². The molecule has 8 heteroatoms. The molecule has 5 aromatic rings. The van der Waals surface area contributed by atoms with E-state index in [1.54, 1.807) is 0 Å². The number of aryl methyl sites for hydroxylation is 2. The van der Waals surface area contributed by atoms with E-state index in [2.05, 4.69) is 64.5 Å². The molecule has 6 N–H and O–H groups in total. The zero-order valence-corrected chi connectivity index (χ0v) is 22.9. The van der Waals surface area contributed by atoms with Crippen LogP contribution in [0.1, 0.15) is 37.0 Å². The predicted molar refractivity (Wildman–Crippen MR) is 161 cm³/mol. The highest BCUT2D eigenvalue weighted by Gasteiger charge is 2.16. The van der Waals surface area contributed by atoms with Crippen molar-refractivity contribution in [3.05, 3.63) is 96.8 Å². The Morgan fingerprint density at radius 1 is 0.825 bits per heavy atom. The Kier molecular flexibility index (Phi) is 7.87. The third kappa shape index (κ3) is 5.71. The molecule has 2 heterocycles. The number of amides is 1. The van der Waals surface area contributed by atoms with Crippen LogP contribution in [0.25, 0.3) is 22.0 Å². The lowest BCUT2D eigenvalue weighted by atomic mass is 10.1. The van der Waals surface area contributed by atoms with Gasteiger partial charge in [0.15, 0.2) is 6.20 Å². The average Bonchev–Trinajstić information content (AvgIpc) is 2.97. The Morgan fingerprint density at radius 3 is 2.23 bits per heavy atom. The zero-order valence-electron chi connectivity index (χ0n) is 22.9. The van der Waals surface area contributed by atoms with Crippen LogP contribution in [-0.4, -0.2) is 10.9 Å². The Morgan fingerprint density at radius 2 is 1.50 bits per heavy atom. The number of carbonyl (C=O) groups is 1. The largest absolute Gasteiger partial charge is 0.391 e.